The molecule has 1 aromatic rings. The molecule has 2 amide bonds. The van der Waals surface area contributed by atoms with Crippen LogP contribution >= 0.6 is 0 Å². The van der Waals surface area contributed by atoms with Gasteiger partial charge in [0.15, 0.2) is 11.5 Å². The molecule has 0 aliphatic carbocycles. The van der Waals surface area contributed by atoms with E-state index in [1.165, 1.54) is 6.92 Å². The Bertz CT molecular complexity index is 588. The van der Waals surface area contributed by atoms with Gasteiger partial charge < -0.3 is 19.7 Å². The summed E-state index contributed by atoms with van der Waals surface area (Å²) in [4.78, 5) is 25.3. The molecule has 0 saturated carbocycles. The predicted octanol–water partition coefficient (Wildman–Crippen LogP) is 1.08. The van der Waals surface area contributed by atoms with Crippen molar-refractivity contribution in [2.24, 2.45) is 0 Å². The molecule has 0 radical (unpaired) electrons. The smallest absolute Gasteiger partial charge is 0.242 e. The van der Waals surface area contributed by atoms with Crippen LogP contribution in [0.15, 0.2) is 18.2 Å². The standard InChI is InChI=1S/C16H20N2O4/c1-11(19)18-8-2-3-13(18)16(20)17-7-6-12-4-5-14-15(9-12)22-10-21-14/h4-5,9,13H,2-3,6-8,10H2,1H3,(H,17,20)/t13-/m0/s1. The van der Waals surface area contributed by atoms with Crippen molar-refractivity contribution >= 4 is 11.8 Å². The number of amides is 2. The van der Waals surface area contributed by atoms with Crippen LogP contribution in [0.5, 0.6) is 11.5 Å². The monoisotopic (exact) mass is 304 g/mol. The number of nitrogens with one attached hydrogen (secondary N) is 1. The Hall–Kier alpha value is -2.24. The highest BCUT2D eigenvalue weighted by Crippen LogP contribution is 2.32. The second-order valence-electron chi connectivity index (χ2n) is 5.60. The minimum absolute atomic E-state index is 0.0339. The van der Waals surface area contributed by atoms with E-state index in [4.69, 9.17) is 9.47 Å². The van der Waals surface area contributed by atoms with E-state index in [0.29, 0.717) is 13.1 Å². The first-order chi connectivity index (χ1) is 10.6. The SMILES string of the molecule is CC(=O)N1CCC[C@H]1C(=O)NCCc1ccc2c(c1)OCO2. The largest absolute Gasteiger partial charge is 0.454 e. The Morgan fingerprint density at radius 3 is 2.95 bits per heavy atom. The third-order valence-corrected chi connectivity index (χ3v) is 4.11. The molecule has 2 heterocycles. The highest BCUT2D eigenvalue weighted by Gasteiger charge is 2.31. The van der Waals surface area contributed by atoms with Crippen LogP contribution in [0.25, 0.3) is 0 Å². The average molecular weight is 304 g/mol. The number of fused-ring (bicyclic) bond motifs is 1. The van der Waals surface area contributed by atoms with E-state index in [1.54, 1.807) is 4.90 Å². The molecule has 0 unspecified atom stereocenters. The van der Waals surface area contributed by atoms with Crippen LogP contribution < -0.4 is 14.8 Å². The molecular formula is C16H20N2O4. The van der Waals surface area contributed by atoms with Crippen molar-refractivity contribution in [1.82, 2.24) is 10.2 Å². The van der Waals surface area contributed by atoms with Gasteiger partial charge in [-0.15, -0.1) is 0 Å². The molecule has 0 aromatic heterocycles. The maximum atomic E-state index is 12.2. The minimum atomic E-state index is -0.311. The number of likely N-dealkylation sites (tertiary alicyclic amines) is 1. The summed E-state index contributed by atoms with van der Waals surface area (Å²) >= 11 is 0. The Labute approximate surface area is 129 Å². The lowest BCUT2D eigenvalue weighted by molar-refractivity contribution is -0.136. The summed E-state index contributed by atoms with van der Waals surface area (Å²) in [6, 6.07) is 5.48. The molecule has 1 aromatic carbocycles. The van der Waals surface area contributed by atoms with Crippen molar-refractivity contribution in [2.45, 2.75) is 32.2 Å². The van der Waals surface area contributed by atoms with Crippen molar-refractivity contribution in [1.29, 1.82) is 0 Å². The van der Waals surface area contributed by atoms with Gasteiger partial charge in [-0.3, -0.25) is 9.59 Å². The lowest BCUT2D eigenvalue weighted by atomic mass is 10.1. The number of ether oxygens (including phenoxy) is 2. The zero-order chi connectivity index (χ0) is 15.5. The highest BCUT2D eigenvalue weighted by molar-refractivity contribution is 5.87. The molecular weight excluding hydrogens is 284 g/mol. The van der Waals surface area contributed by atoms with E-state index >= 15 is 0 Å². The van der Waals surface area contributed by atoms with Crippen LogP contribution in [0.3, 0.4) is 0 Å². The summed E-state index contributed by atoms with van der Waals surface area (Å²) in [5.74, 6) is 1.42. The number of nitrogens with zero attached hydrogens (tertiary/aromatic N) is 1. The van der Waals surface area contributed by atoms with Gasteiger partial charge in [-0.1, -0.05) is 6.07 Å². The average Bonchev–Trinajstić information content (AvgIpc) is 3.15. The van der Waals surface area contributed by atoms with Gasteiger partial charge in [0.1, 0.15) is 6.04 Å². The van der Waals surface area contributed by atoms with Gasteiger partial charge in [-0.05, 0) is 37.0 Å². The first-order valence-corrected chi connectivity index (χ1v) is 7.58. The van der Waals surface area contributed by atoms with E-state index < -0.39 is 0 Å². The zero-order valence-electron chi connectivity index (χ0n) is 12.6. The molecule has 1 saturated heterocycles. The summed E-state index contributed by atoms with van der Waals surface area (Å²) in [5.41, 5.74) is 1.08. The molecule has 2 aliphatic rings. The normalized spacial score (nSPS) is 19.3. The number of hydrogen-bond acceptors (Lipinski definition) is 4. The first kappa shape index (κ1) is 14.7. The molecule has 1 atom stereocenters. The first-order valence-electron chi connectivity index (χ1n) is 7.58. The fraction of sp³-hybridized carbons (Fsp3) is 0.500. The van der Waals surface area contributed by atoms with Gasteiger partial charge in [-0.2, -0.15) is 0 Å². The molecule has 0 spiro atoms. The third-order valence-electron chi connectivity index (χ3n) is 4.11. The van der Waals surface area contributed by atoms with Crippen LogP contribution in [0.1, 0.15) is 25.3 Å². The molecule has 1 N–H and O–H groups in total. The lowest BCUT2D eigenvalue weighted by Crippen LogP contribution is -2.45. The Kier molecular flexibility index (Phi) is 4.18. The summed E-state index contributed by atoms with van der Waals surface area (Å²) < 4.78 is 10.6. The second-order valence-corrected chi connectivity index (χ2v) is 5.60. The Balaban J connectivity index is 1.50. The summed E-state index contributed by atoms with van der Waals surface area (Å²) in [7, 11) is 0. The molecule has 6 heteroatoms. The van der Waals surface area contributed by atoms with Gasteiger partial charge in [0.05, 0.1) is 0 Å². The number of benzene rings is 1. The maximum absolute atomic E-state index is 12.2. The highest BCUT2D eigenvalue weighted by atomic mass is 16.7. The van der Waals surface area contributed by atoms with Crippen molar-refractivity contribution in [2.75, 3.05) is 19.9 Å². The minimum Gasteiger partial charge on any atom is -0.454 e. The van der Waals surface area contributed by atoms with Crippen LogP contribution in [-0.4, -0.2) is 42.6 Å². The third kappa shape index (κ3) is 3.00. The summed E-state index contributed by atoms with van der Waals surface area (Å²) in [6.07, 6.45) is 2.35. The lowest BCUT2D eigenvalue weighted by Gasteiger charge is -2.22. The van der Waals surface area contributed by atoms with Crippen LogP contribution in [0.2, 0.25) is 0 Å². The van der Waals surface area contributed by atoms with E-state index in [-0.39, 0.29) is 24.6 Å². The molecule has 3 rings (SSSR count). The number of carbonyl (C=O) groups is 2. The van der Waals surface area contributed by atoms with Crippen LogP contribution in [0.4, 0.5) is 0 Å². The van der Waals surface area contributed by atoms with Gasteiger partial charge in [0.2, 0.25) is 18.6 Å². The molecule has 6 nitrogen and oxygen atoms in total. The number of carbonyl (C=O) groups excluding carboxylic acids is 2. The van der Waals surface area contributed by atoms with Crippen LogP contribution in [0, 0.1) is 0 Å². The maximum Gasteiger partial charge on any atom is 0.242 e. The molecule has 118 valence electrons. The summed E-state index contributed by atoms with van der Waals surface area (Å²) in [5, 5.41) is 2.92. The Morgan fingerprint density at radius 2 is 2.14 bits per heavy atom. The van der Waals surface area contributed by atoms with E-state index in [9.17, 15) is 9.59 Å². The quantitative estimate of drug-likeness (QED) is 0.904. The Morgan fingerprint density at radius 1 is 1.32 bits per heavy atom. The van der Waals surface area contributed by atoms with Gasteiger partial charge in [0, 0.05) is 20.0 Å². The zero-order valence-corrected chi connectivity index (χ0v) is 12.6. The molecule has 22 heavy (non-hydrogen) atoms. The molecule has 2 aliphatic heterocycles. The summed E-state index contributed by atoms with van der Waals surface area (Å²) in [6.45, 7) is 2.99. The van der Waals surface area contributed by atoms with E-state index in [1.807, 2.05) is 18.2 Å². The fourth-order valence-electron chi connectivity index (χ4n) is 2.96. The predicted molar refractivity (Wildman–Crippen MR) is 79.7 cm³/mol. The second kappa shape index (κ2) is 6.25. The fourth-order valence-corrected chi connectivity index (χ4v) is 2.96. The van der Waals surface area contributed by atoms with Crippen LogP contribution in [-0.2, 0) is 16.0 Å². The van der Waals surface area contributed by atoms with Gasteiger partial charge in [0.25, 0.3) is 0 Å². The molecule has 1 fully saturated rings. The topological polar surface area (TPSA) is 67.9 Å². The van der Waals surface area contributed by atoms with Crippen molar-refractivity contribution in [3.05, 3.63) is 23.8 Å². The van der Waals surface area contributed by atoms with Gasteiger partial charge >= 0.3 is 0 Å². The van der Waals surface area contributed by atoms with Gasteiger partial charge in [-0.25, -0.2) is 0 Å². The van der Waals surface area contributed by atoms with Crippen molar-refractivity contribution < 1.29 is 19.1 Å². The molecule has 0 bridgehead atoms. The number of hydrogen-bond donors (Lipinski definition) is 1. The van der Waals surface area contributed by atoms with E-state index in [0.717, 1.165) is 36.3 Å². The number of rotatable bonds is 4. The van der Waals surface area contributed by atoms with Crippen molar-refractivity contribution in [3.63, 3.8) is 0 Å². The van der Waals surface area contributed by atoms with E-state index in [2.05, 4.69) is 5.32 Å². The van der Waals surface area contributed by atoms with Crippen molar-refractivity contribution in [3.8, 4) is 11.5 Å².